The van der Waals surface area contributed by atoms with Crippen LogP contribution in [0.4, 0.5) is 0 Å². The summed E-state index contributed by atoms with van der Waals surface area (Å²) in [6.45, 7) is 0.390. The second kappa shape index (κ2) is 5.75. The molecule has 0 spiro atoms. The van der Waals surface area contributed by atoms with Crippen molar-refractivity contribution in [1.82, 2.24) is 14.9 Å². The summed E-state index contributed by atoms with van der Waals surface area (Å²) < 4.78 is 5.18. The molecule has 0 unspecified atom stereocenters. The number of nitrogens with one attached hydrogen (secondary N) is 1. The summed E-state index contributed by atoms with van der Waals surface area (Å²) in [5, 5.41) is 0.496. The van der Waals surface area contributed by atoms with E-state index in [0.717, 1.165) is 5.82 Å². The Balaban J connectivity index is 2.21. The Morgan fingerprint density at radius 1 is 1.53 bits per heavy atom. The quantitative estimate of drug-likeness (QED) is 0.934. The molecule has 0 saturated carbocycles. The Bertz CT molecular complexity index is 569. The summed E-state index contributed by atoms with van der Waals surface area (Å²) in [5.74, 6) is 1.05. The van der Waals surface area contributed by atoms with E-state index in [1.807, 2.05) is 0 Å². The van der Waals surface area contributed by atoms with Crippen LogP contribution in [-0.2, 0) is 6.54 Å². The van der Waals surface area contributed by atoms with Crippen molar-refractivity contribution in [3.63, 3.8) is 0 Å². The van der Waals surface area contributed by atoms with Crippen LogP contribution in [0.2, 0.25) is 5.02 Å². The SMILES string of the molecule is COc1ccc(Cl)cc1C(=O)N(C)Cc1ncc[nH]1. The minimum absolute atomic E-state index is 0.171. The molecule has 2 rings (SSSR count). The zero-order chi connectivity index (χ0) is 13.8. The smallest absolute Gasteiger partial charge is 0.257 e. The molecule has 2 aromatic rings. The van der Waals surface area contributed by atoms with E-state index in [4.69, 9.17) is 16.3 Å². The van der Waals surface area contributed by atoms with Crippen LogP contribution in [0.3, 0.4) is 0 Å². The van der Waals surface area contributed by atoms with Crippen LogP contribution < -0.4 is 4.74 Å². The van der Waals surface area contributed by atoms with Gasteiger partial charge in [0, 0.05) is 24.5 Å². The van der Waals surface area contributed by atoms with Gasteiger partial charge in [-0.05, 0) is 18.2 Å². The average Bonchev–Trinajstić information content (AvgIpc) is 2.90. The molecule has 0 aliphatic rings. The van der Waals surface area contributed by atoms with Gasteiger partial charge in [-0.1, -0.05) is 11.6 Å². The van der Waals surface area contributed by atoms with Gasteiger partial charge in [0.1, 0.15) is 11.6 Å². The Morgan fingerprint density at radius 2 is 2.32 bits per heavy atom. The maximum atomic E-state index is 12.3. The molecule has 100 valence electrons. The van der Waals surface area contributed by atoms with Gasteiger partial charge in [-0.15, -0.1) is 0 Å². The van der Waals surface area contributed by atoms with E-state index in [9.17, 15) is 4.79 Å². The third kappa shape index (κ3) is 3.06. The van der Waals surface area contributed by atoms with Crippen molar-refractivity contribution in [3.8, 4) is 5.75 Å². The minimum atomic E-state index is -0.171. The van der Waals surface area contributed by atoms with Crippen LogP contribution in [0.15, 0.2) is 30.6 Å². The van der Waals surface area contributed by atoms with Crippen molar-refractivity contribution >= 4 is 17.5 Å². The van der Waals surface area contributed by atoms with Crippen LogP contribution in [0.1, 0.15) is 16.2 Å². The number of amides is 1. The fraction of sp³-hybridized carbons (Fsp3) is 0.231. The lowest BCUT2D eigenvalue weighted by Crippen LogP contribution is -2.27. The molecule has 0 aliphatic heterocycles. The standard InChI is InChI=1S/C13H14ClN3O2/c1-17(8-12-15-5-6-16-12)13(18)10-7-9(14)3-4-11(10)19-2/h3-7H,8H2,1-2H3,(H,15,16). The van der Waals surface area contributed by atoms with Crippen LogP contribution in [0.5, 0.6) is 5.75 Å². The Morgan fingerprint density at radius 3 is 2.95 bits per heavy atom. The summed E-state index contributed by atoms with van der Waals surface area (Å²) in [5.41, 5.74) is 0.434. The van der Waals surface area contributed by atoms with Gasteiger partial charge in [-0.25, -0.2) is 4.98 Å². The van der Waals surface area contributed by atoms with Gasteiger partial charge in [-0.2, -0.15) is 0 Å². The molecule has 1 N–H and O–H groups in total. The number of aromatic amines is 1. The number of benzene rings is 1. The summed E-state index contributed by atoms with van der Waals surface area (Å²) in [4.78, 5) is 20.9. The molecule has 5 nitrogen and oxygen atoms in total. The van der Waals surface area contributed by atoms with Gasteiger partial charge in [0.2, 0.25) is 0 Å². The number of carbonyl (C=O) groups excluding carboxylic acids is 1. The lowest BCUT2D eigenvalue weighted by atomic mass is 10.1. The fourth-order valence-corrected chi connectivity index (χ4v) is 1.91. The van der Waals surface area contributed by atoms with Gasteiger partial charge < -0.3 is 14.6 Å². The third-order valence-electron chi connectivity index (χ3n) is 2.68. The van der Waals surface area contributed by atoms with E-state index in [1.165, 1.54) is 7.11 Å². The van der Waals surface area contributed by atoms with Crippen molar-refractivity contribution in [2.75, 3.05) is 14.2 Å². The van der Waals surface area contributed by atoms with Crippen molar-refractivity contribution in [1.29, 1.82) is 0 Å². The molecule has 1 aromatic heterocycles. The zero-order valence-electron chi connectivity index (χ0n) is 10.7. The summed E-state index contributed by atoms with van der Waals surface area (Å²) >= 11 is 5.92. The van der Waals surface area contributed by atoms with Crippen LogP contribution in [0, 0.1) is 0 Å². The largest absolute Gasteiger partial charge is 0.496 e. The zero-order valence-corrected chi connectivity index (χ0v) is 11.4. The van der Waals surface area contributed by atoms with Crippen molar-refractivity contribution in [2.24, 2.45) is 0 Å². The second-order valence-corrected chi connectivity index (χ2v) is 4.48. The molecule has 0 fully saturated rings. The Labute approximate surface area is 116 Å². The van der Waals surface area contributed by atoms with E-state index in [2.05, 4.69) is 9.97 Å². The predicted molar refractivity (Wildman–Crippen MR) is 72.4 cm³/mol. The number of hydrogen-bond acceptors (Lipinski definition) is 3. The minimum Gasteiger partial charge on any atom is -0.496 e. The number of methoxy groups -OCH3 is 1. The molecular formula is C13H14ClN3O2. The first-order valence-corrected chi connectivity index (χ1v) is 6.07. The van der Waals surface area contributed by atoms with Gasteiger partial charge in [-0.3, -0.25) is 4.79 Å². The first-order chi connectivity index (χ1) is 9.11. The second-order valence-electron chi connectivity index (χ2n) is 4.04. The molecule has 1 amide bonds. The highest BCUT2D eigenvalue weighted by Gasteiger charge is 2.17. The van der Waals surface area contributed by atoms with Crippen LogP contribution in [0.25, 0.3) is 0 Å². The number of rotatable bonds is 4. The van der Waals surface area contributed by atoms with Gasteiger partial charge in [0.15, 0.2) is 0 Å². The number of H-pyrrole nitrogens is 1. The normalized spacial score (nSPS) is 10.3. The fourth-order valence-electron chi connectivity index (χ4n) is 1.73. The van der Waals surface area contributed by atoms with Gasteiger partial charge in [0.05, 0.1) is 19.2 Å². The van der Waals surface area contributed by atoms with Crippen LogP contribution in [-0.4, -0.2) is 34.9 Å². The molecule has 6 heteroatoms. The molecule has 0 radical (unpaired) electrons. The highest BCUT2D eigenvalue weighted by atomic mass is 35.5. The molecule has 0 bridgehead atoms. The average molecular weight is 280 g/mol. The third-order valence-corrected chi connectivity index (χ3v) is 2.92. The van der Waals surface area contributed by atoms with Crippen molar-refractivity contribution in [3.05, 3.63) is 47.0 Å². The topological polar surface area (TPSA) is 58.2 Å². The number of hydrogen-bond donors (Lipinski definition) is 1. The summed E-state index contributed by atoms with van der Waals surface area (Å²) in [6.07, 6.45) is 3.36. The number of ether oxygens (including phenoxy) is 1. The predicted octanol–water partition coefficient (Wildman–Crippen LogP) is 2.34. The summed E-state index contributed by atoms with van der Waals surface area (Å²) in [6, 6.07) is 4.96. The van der Waals surface area contributed by atoms with Gasteiger partial charge >= 0.3 is 0 Å². The van der Waals surface area contributed by atoms with E-state index in [1.54, 1.807) is 42.5 Å². The highest BCUT2D eigenvalue weighted by Crippen LogP contribution is 2.24. The monoisotopic (exact) mass is 279 g/mol. The van der Waals surface area contributed by atoms with Crippen molar-refractivity contribution < 1.29 is 9.53 Å². The first kappa shape index (κ1) is 13.4. The van der Waals surface area contributed by atoms with Gasteiger partial charge in [0.25, 0.3) is 5.91 Å². The molecule has 19 heavy (non-hydrogen) atoms. The number of halogens is 1. The van der Waals surface area contributed by atoms with E-state index >= 15 is 0 Å². The lowest BCUT2D eigenvalue weighted by molar-refractivity contribution is 0.0778. The molecule has 0 atom stereocenters. The molecule has 1 aromatic carbocycles. The molecule has 1 heterocycles. The maximum absolute atomic E-state index is 12.3. The molecular weight excluding hydrogens is 266 g/mol. The molecule has 0 aliphatic carbocycles. The Hall–Kier alpha value is -2.01. The van der Waals surface area contributed by atoms with E-state index in [-0.39, 0.29) is 5.91 Å². The van der Waals surface area contributed by atoms with Crippen molar-refractivity contribution in [2.45, 2.75) is 6.54 Å². The number of aromatic nitrogens is 2. The van der Waals surface area contributed by atoms with Crippen LogP contribution >= 0.6 is 11.6 Å². The number of nitrogens with zero attached hydrogens (tertiary/aromatic N) is 2. The van der Waals surface area contributed by atoms with E-state index in [0.29, 0.717) is 22.9 Å². The number of carbonyl (C=O) groups is 1. The van der Waals surface area contributed by atoms with E-state index < -0.39 is 0 Å². The first-order valence-electron chi connectivity index (χ1n) is 5.69. The Kier molecular flexibility index (Phi) is 4.06. The summed E-state index contributed by atoms with van der Waals surface area (Å²) in [7, 11) is 3.22. The maximum Gasteiger partial charge on any atom is 0.257 e. The lowest BCUT2D eigenvalue weighted by Gasteiger charge is -2.17. The molecule has 0 saturated heterocycles. The number of imidazole rings is 1. The highest BCUT2D eigenvalue weighted by molar-refractivity contribution is 6.31.